The minimum absolute atomic E-state index is 0.512. The van der Waals surface area contributed by atoms with Crippen LogP contribution in [0.2, 0.25) is 5.02 Å². The van der Waals surface area contributed by atoms with E-state index in [0.717, 1.165) is 36.0 Å². The average molecular weight is 371 g/mol. The smallest absolute Gasteiger partial charge is 0.119 e. The topological polar surface area (TPSA) is 15.7 Å². The van der Waals surface area contributed by atoms with Gasteiger partial charge in [-0.1, -0.05) is 23.7 Å². The summed E-state index contributed by atoms with van der Waals surface area (Å²) in [6, 6.07) is 16.1. The molecule has 138 valence electrons. The van der Waals surface area contributed by atoms with Crippen molar-refractivity contribution in [1.82, 2.24) is 4.90 Å². The molecule has 3 nitrogen and oxygen atoms in total. The fourth-order valence-corrected chi connectivity index (χ4v) is 4.63. The molecule has 26 heavy (non-hydrogen) atoms. The fraction of sp³-hybridized carbons (Fsp3) is 0.455. The summed E-state index contributed by atoms with van der Waals surface area (Å²) >= 11 is 6.20. The Labute approximate surface area is 161 Å². The summed E-state index contributed by atoms with van der Waals surface area (Å²) in [5, 5.41) is 0.850. The van der Waals surface area contributed by atoms with Crippen molar-refractivity contribution in [2.24, 2.45) is 0 Å². The van der Waals surface area contributed by atoms with Gasteiger partial charge in [-0.3, -0.25) is 4.90 Å². The highest BCUT2D eigenvalue weighted by molar-refractivity contribution is 6.31. The van der Waals surface area contributed by atoms with Crippen molar-refractivity contribution in [1.29, 1.82) is 0 Å². The molecule has 2 saturated heterocycles. The molecule has 0 aromatic heterocycles. The molecule has 2 aliphatic heterocycles. The van der Waals surface area contributed by atoms with Crippen molar-refractivity contribution in [2.75, 3.05) is 31.6 Å². The maximum absolute atomic E-state index is 6.20. The fourth-order valence-electron chi connectivity index (χ4n) is 4.52. The van der Waals surface area contributed by atoms with Crippen LogP contribution in [0, 0.1) is 6.92 Å². The third-order valence-corrected chi connectivity index (χ3v) is 6.35. The van der Waals surface area contributed by atoms with Crippen LogP contribution in [0.3, 0.4) is 0 Å². The Kier molecular flexibility index (Phi) is 5.10. The number of ether oxygens (including phenoxy) is 1. The van der Waals surface area contributed by atoms with Gasteiger partial charge in [-0.15, -0.1) is 0 Å². The first-order chi connectivity index (χ1) is 12.7. The van der Waals surface area contributed by atoms with Crippen LogP contribution in [-0.4, -0.2) is 37.7 Å². The molecule has 0 radical (unpaired) electrons. The number of halogens is 1. The molecular formula is C22H27ClN2O. The van der Waals surface area contributed by atoms with Gasteiger partial charge in [-0.25, -0.2) is 0 Å². The molecule has 2 aromatic carbocycles. The van der Waals surface area contributed by atoms with Gasteiger partial charge >= 0.3 is 0 Å². The Balaban J connectivity index is 1.52. The van der Waals surface area contributed by atoms with Crippen LogP contribution in [0.25, 0.3) is 0 Å². The molecule has 4 rings (SSSR count). The lowest BCUT2D eigenvalue weighted by molar-refractivity contribution is 0.0715. The molecule has 2 heterocycles. The minimum Gasteiger partial charge on any atom is -0.497 e. The van der Waals surface area contributed by atoms with Crippen LogP contribution in [-0.2, 0) is 0 Å². The zero-order valence-electron chi connectivity index (χ0n) is 15.6. The Bertz CT molecular complexity index is 778. The van der Waals surface area contributed by atoms with E-state index in [4.69, 9.17) is 16.3 Å². The van der Waals surface area contributed by atoms with Gasteiger partial charge in [-0.2, -0.15) is 0 Å². The number of benzene rings is 2. The van der Waals surface area contributed by atoms with Crippen LogP contribution < -0.4 is 9.64 Å². The van der Waals surface area contributed by atoms with Crippen LogP contribution in [0.1, 0.15) is 36.4 Å². The van der Waals surface area contributed by atoms with E-state index in [0.29, 0.717) is 12.1 Å². The normalized spacial score (nSPS) is 23.6. The molecular weight excluding hydrogens is 344 g/mol. The van der Waals surface area contributed by atoms with E-state index in [1.54, 1.807) is 7.11 Å². The predicted octanol–water partition coefficient (Wildman–Crippen LogP) is 5.07. The van der Waals surface area contributed by atoms with E-state index in [1.807, 2.05) is 12.1 Å². The van der Waals surface area contributed by atoms with E-state index in [1.165, 1.54) is 30.5 Å². The van der Waals surface area contributed by atoms with Gasteiger partial charge in [0.25, 0.3) is 0 Å². The second-order valence-corrected chi connectivity index (χ2v) is 7.90. The summed E-state index contributed by atoms with van der Waals surface area (Å²) in [5.41, 5.74) is 3.85. The molecule has 0 bridgehead atoms. The first-order valence-electron chi connectivity index (χ1n) is 9.56. The first-order valence-corrected chi connectivity index (χ1v) is 9.94. The van der Waals surface area contributed by atoms with Gasteiger partial charge in [0.15, 0.2) is 0 Å². The van der Waals surface area contributed by atoms with Crippen molar-refractivity contribution in [3.05, 3.63) is 58.6 Å². The van der Waals surface area contributed by atoms with Gasteiger partial charge < -0.3 is 9.64 Å². The highest BCUT2D eigenvalue weighted by Gasteiger charge is 2.35. The summed E-state index contributed by atoms with van der Waals surface area (Å²) in [7, 11) is 1.75. The van der Waals surface area contributed by atoms with Gasteiger partial charge in [0, 0.05) is 42.4 Å². The number of methoxy groups -OCH3 is 1. The zero-order chi connectivity index (χ0) is 18.1. The van der Waals surface area contributed by atoms with E-state index in [-0.39, 0.29) is 0 Å². The number of anilines is 1. The third-order valence-electron chi connectivity index (χ3n) is 5.93. The van der Waals surface area contributed by atoms with E-state index >= 15 is 0 Å². The van der Waals surface area contributed by atoms with Crippen molar-refractivity contribution in [3.8, 4) is 5.75 Å². The summed E-state index contributed by atoms with van der Waals surface area (Å²) in [6.45, 7) is 5.36. The van der Waals surface area contributed by atoms with Gasteiger partial charge in [0.05, 0.1) is 7.11 Å². The van der Waals surface area contributed by atoms with Gasteiger partial charge in [-0.05, 0) is 67.6 Å². The number of piperidine rings is 1. The maximum atomic E-state index is 6.20. The molecule has 0 N–H and O–H groups in total. The van der Waals surface area contributed by atoms with Gasteiger partial charge in [0.1, 0.15) is 5.75 Å². The van der Waals surface area contributed by atoms with Crippen LogP contribution in [0.15, 0.2) is 42.5 Å². The summed E-state index contributed by atoms with van der Waals surface area (Å²) in [4.78, 5) is 5.25. The quantitative estimate of drug-likeness (QED) is 0.749. The van der Waals surface area contributed by atoms with Crippen LogP contribution >= 0.6 is 11.6 Å². The molecule has 2 unspecified atom stereocenters. The maximum Gasteiger partial charge on any atom is 0.119 e. The Morgan fingerprint density at radius 3 is 2.77 bits per heavy atom. The number of aryl methyl sites for hydroxylation is 1. The first kappa shape index (κ1) is 17.7. The molecule has 2 aliphatic rings. The van der Waals surface area contributed by atoms with Crippen molar-refractivity contribution >= 4 is 17.3 Å². The molecule has 0 saturated carbocycles. The molecule has 2 atom stereocenters. The average Bonchev–Trinajstić information content (AvgIpc) is 2.69. The minimum atomic E-state index is 0.512. The second-order valence-electron chi connectivity index (χ2n) is 7.49. The standard InChI is InChI=1S/C22H27ClN2O/c1-16-13-18(9-10-21(16)23)24-11-12-25-19(15-24)6-4-8-22(25)17-5-3-7-20(14-17)26-2/h3,5,7,9-10,13-14,19,22H,4,6,8,11-12,15H2,1-2H3. The summed E-state index contributed by atoms with van der Waals surface area (Å²) in [6.07, 6.45) is 3.81. The summed E-state index contributed by atoms with van der Waals surface area (Å²) in [5.74, 6) is 0.958. The van der Waals surface area contributed by atoms with Crippen molar-refractivity contribution in [2.45, 2.75) is 38.3 Å². The van der Waals surface area contributed by atoms with E-state index < -0.39 is 0 Å². The molecule has 0 aliphatic carbocycles. The number of hydrogen-bond acceptors (Lipinski definition) is 3. The monoisotopic (exact) mass is 370 g/mol. The molecule has 0 amide bonds. The molecule has 2 aromatic rings. The SMILES string of the molecule is COc1cccc(C2CCCC3CN(c4ccc(Cl)c(C)c4)CCN32)c1. The van der Waals surface area contributed by atoms with Crippen molar-refractivity contribution in [3.63, 3.8) is 0 Å². The Hall–Kier alpha value is -1.71. The lowest BCUT2D eigenvalue weighted by Crippen LogP contribution is -2.55. The number of fused-ring (bicyclic) bond motifs is 1. The predicted molar refractivity (Wildman–Crippen MR) is 108 cm³/mol. The van der Waals surface area contributed by atoms with Crippen LogP contribution in [0.4, 0.5) is 5.69 Å². The molecule has 0 spiro atoms. The highest BCUT2D eigenvalue weighted by Crippen LogP contribution is 2.38. The second kappa shape index (κ2) is 7.50. The lowest BCUT2D eigenvalue weighted by atomic mass is 9.89. The van der Waals surface area contributed by atoms with Crippen molar-refractivity contribution < 1.29 is 4.74 Å². The number of hydrogen-bond donors (Lipinski definition) is 0. The van der Waals surface area contributed by atoms with Crippen LogP contribution in [0.5, 0.6) is 5.75 Å². The number of nitrogens with zero attached hydrogens (tertiary/aromatic N) is 2. The Morgan fingerprint density at radius 1 is 1.08 bits per heavy atom. The zero-order valence-corrected chi connectivity index (χ0v) is 16.4. The third kappa shape index (κ3) is 3.43. The molecule has 2 fully saturated rings. The largest absolute Gasteiger partial charge is 0.497 e. The van der Waals surface area contributed by atoms with E-state index in [2.05, 4.69) is 47.1 Å². The Morgan fingerprint density at radius 2 is 1.96 bits per heavy atom. The van der Waals surface area contributed by atoms with E-state index in [9.17, 15) is 0 Å². The molecule has 4 heteroatoms. The lowest BCUT2D eigenvalue weighted by Gasteiger charge is -2.49. The summed E-state index contributed by atoms with van der Waals surface area (Å²) < 4.78 is 5.44. The highest BCUT2D eigenvalue weighted by atomic mass is 35.5. The van der Waals surface area contributed by atoms with Gasteiger partial charge in [0.2, 0.25) is 0 Å². The number of rotatable bonds is 3. The number of piperazine rings is 1.